The van der Waals surface area contributed by atoms with Crippen molar-refractivity contribution in [3.63, 3.8) is 0 Å². The average Bonchev–Trinajstić information content (AvgIpc) is 2.90. The van der Waals surface area contributed by atoms with E-state index in [4.69, 9.17) is 4.74 Å². The smallest absolute Gasteiger partial charge is 0.348 e. The van der Waals surface area contributed by atoms with Gasteiger partial charge in [-0.1, -0.05) is 30.3 Å². The molecule has 122 valence electrons. The van der Waals surface area contributed by atoms with Gasteiger partial charge in [0, 0.05) is 0 Å². The zero-order chi connectivity index (χ0) is 17.3. The van der Waals surface area contributed by atoms with Gasteiger partial charge >= 0.3 is 5.97 Å². The molecule has 2 heterocycles. The quantitative estimate of drug-likeness (QED) is 0.740. The second-order valence-electron chi connectivity index (χ2n) is 5.37. The lowest BCUT2D eigenvalue weighted by Gasteiger charge is -1.99. The third kappa shape index (κ3) is 2.88. The van der Waals surface area contributed by atoms with Crippen molar-refractivity contribution in [2.24, 2.45) is 0 Å². The van der Waals surface area contributed by atoms with Crippen molar-refractivity contribution in [2.75, 3.05) is 7.11 Å². The average molecular weight is 340 g/mol. The van der Waals surface area contributed by atoms with E-state index in [1.165, 1.54) is 18.4 Å². The first kappa shape index (κ1) is 16.1. The van der Waals surface area contributed by atoms with Gasteiger partial charge in [0.2, 0.25) is 0 Å². The molecule has 0 amide bonds. The summed E-state index contributed by atoms with van der Waals surface area (Å²) in [4.78, 5) is 32.3. The molecule has 0 unspecified atom stereocenters. The minimum atomic E-state index is -0.452. The molecule has 24 heavy (non-hydrogen) atoms. The number of nitrogens with zero attached hydrogens (tertiary/aromatic N) is 1. The first-order chi connectivity index (χ1) is 11.5. The zero-order valence-electron chi connectivity index (χ0n) is 13.5. The predicted molar refractivity (Wildman–Crippen MR) is 96.4 cm³/mol. The number of aromatic amines is 1. The second-order valence-corrected chi connectivity index (χ2v) is 6.37. The summed E-state index contributed by atoms with van der Waals surface area (Å²) >= 11 is 1.17. The molecule has 1 aromatic carbocycles. The number of benzene rings is 1. The Balaban J connectivity index is 2.07. The van der Waals surface area contributed by atoms with E-state index >= 15 is 0 Å². The first-order valence-corrected chi connectivity index (χ1v) is 8.18. The third-order valence-corrected chi connectivity index (χ3v) is 4.96. The van der Waals surface area contributed by atoms with Crippen molar-refractivity contribution in [2.45, 2.75) is 13.8 Å². The Bertz CT molecular complexity index is 1010. The van der Waals surface area contributed by atoms with Crippen LogP contribution in [-0.4, -0.2) is 23.0 Å². The fraction of sp³-hybridized carbons (Fsp3) is 0.167. The molecule has 0 aliphatic rings. The Morgan fingerprint density at radius 3 is 2.71 bits per heavy atom. The van der Waals surface area contributed by atoms with E-state index in [1.54, 1.807) is 13.0 Å². The molecule has 0 radical (unpaired) electrons. The van der Waals surface area contributed by atoms with Crippen molar-refractivity contribution in [1.82, 2.24) is 9.97 Å². The van der Waals surface area contributed by atoms with Crippen molar-refractivity contribution in [1.29, 1.82) is 0 Å². The van der Waals surface area contributed by atoms with Gasteiger partial charge in [-0.3, -0.25) is 4.79 Å². The number of hydrogen-bond donors (Lipinski definition) is 1. The number of hydrogen-bond acceptors (Lipinski definition) is 5. The lowest BCUT2D eigenvalue weighted by molar-refractivity contribution is 0.0605. The molecule has 1 N–H and O–H groups in total. The van der Waals surface area contributed by atoms with E-state index in [2.05, 4.69) is 9.97 Å². The number of carbonyl (C=O) groups is 1. The van der Waals surface area contributed by atoms with E-state index in [-0.39, 0.29) is 5.56 Å². The Hall–Kier alpha value is -2.73. The fourth-order valence-electron chi connectivity index (χ4n) is 2.47. The molecule has 0 atom stereocenters. The number of aromatic nitrogens is 2. The summed E-state index contributed by atoms with van der Waals surface area (Å²) in [5, 5.41) is 0.438. The molecule has 0 saturated carbocycles. The van der Waals surface area contributed by atoms with E-state index in [9.17, 15) is 9.59 Å². The van der Waals surface area contributed by atoms with Crippen LogP contribution in [0.25, 0.3) is 22.4 Å². The summed E-state index contributed by atoms with van der Waals surface area (Å²) in [5.41, 5.74) is 2.54. The number of methoxy groups -OCH3 is 1. The number of esters is 1. The fourth-order valence-corrected chi connectivity index (χ4v) is 3.58. The van der Waals surface area contributed by atoms with Crippen LogP contribution in [0.2, 0.25) is 0 Å². The number of thiophene rings is 1. The maximum Gasteiger partial charge on any atom is 0.348 e. The van der Waals surface area contributed by atoms with Crippen LogP contribution in [0.1, 0.15) is 32.2 Å². The van der Waals surface area contributed by atoms with Crippen LogP contribution in [0.5, 0.6) is 0 Å². The first-order valence-electron chi connectivity index (χ1n) is 7.36. The summed E-state index contributed by atoms with van der Waals surface area (Å²) in [6.45, 7) is 3.75. The normalized spacial score (nSPS) is 11.3. The highest BCUT2D eigenvalue weighted by molar-refractivity contribution is 7.20. The number of rotatable bonds is 3. The maximum atomic E-state index is 12.3. The number of ether oxygens (including phenoxy) is 1. The van der Waals surface area contributed by atoms with Gasteiger partial charge < -0.3 is 9.72 Å². The molecular weight excluding hydrogens is 324 g/mol. The molecule has 3 aromatic rings. The van der Waals surface area contributed by atoms with Crippen LogP contribution in [-0.2, 0) is 4.74 Å². The Morgan fingerprint density at radius 1 is 1.25 bits per heavy atom. The van der Waals surface area contributed by atoms with Gasteiger partial charge in [-0.05, 0) is 36.6 Å². The van der Waals surface area contributed by atoms with Crippen LogP contribution in [0, 0.1) is 13.8 Å². The Labute approximate surface area is 142 Å². The topological polar surface area (TPSA) is 72.0 Å². The lowest BCUT2D eigenvalue weighted by Crippen LogP contribution is -2.09. The summed E-state index contributed by atoms with van der Waals surface area (Å²) < 4.78 is 4.75. The van der Waals surface area contributed by atoms with E-state index < -0.39 is 5.97 Å². The highest BCUT2D eigenvalue weighted by atomic mass is 32.1. The van der Waals surface area contributed by atoms with Gasteiger partial charge in [0.25, 0.3) is 5.56 Å². The molecule has 0 spiro atoms. The van der Waals surface area contributed by atoms with Crippen LogP contribution in [0.3, 0.4) is 0 Å². The van der Waals surface area contributed by atoms with Gasteiger partial charge in [0.1, 0.15) is 15.5 Å². The summed E-state index contributed by atoms with van der Waals surface area (Å²) in [5.74, 6) is 0.000298. The van der Waals surface area contributed by atoms with Gasteiger partial charge in [0.15, 0.2) is 0 Å². The Morgan fingerprint density at radius 2 is 2.00 bits per heavy atom. The maximum absolute atomic E-state index is 12.3. The molecule has 0 aliphatic carbocycles. The standard InChI is InChI=1S/C18H16N2O3S/c1-10-6-4-5-7-12(10)8-9-13-19-16(21)14-11(2)15(18(22)23-3)24-17(14)20-13/h4-9H,1-3H3,(H,19,20,21)/b9-8+. The monoisotopic (exact) mass is 340 g/mol. The van der Waals surface area contributed by atoms with Crippen molar-refractivity contribution in [3.05, 3.63) is 62.0 Å². The number of carbonyl (C=O) groups excluding carboxylic acids is 1. The number of nitrogens with one attached hydrogen (secondary N) is 1. The zero-order valence-corrected chi connectivity index (χ0v) is 14.4. The molecule has 6 heteroatoms. The number of fused-ring (bicyclic) bond motifs is 1. The summed E-state index contributed by atoms with van der Waals surface area (Å²) in [6.07, 6.45) is 3.66. The molecular formula is C18H16N2O3S. The van der Waals surface area contributed by atoms with E-state index in [0.717, 1.165) is 11.1 Å². The SMILES string of the molecule is COC(=O)c1sc2nc(/C=C/c3ccccc3C)[nH]c(=O)c2c1C. The summed E-state index contributed by atoms with van der Waals surface area (Å²) in [7, 11) is 1.32. The molecule has 0 aliphatic heterocycles. The lowest BCUT2D eigenvalue weighted by atomic mass is 10.1. The molecule has 0 saturated heterocycles. The minimum Gasteiger partial charge on any atom is -0.465 e. The van der Waals surface area contributed by atoms with Gasteiger partial charge in [-0.25, -0.2) is 9.78 Å². The number of H-pyrrole nitrogens is 1. The van der Waals surface area contributed by atoms with Gasteiger partial charge in [-0.15, -0.1) is 11.3 Å². The Kier molecular flexibility index (Phi) is 4.31. The van der Waals surface area contributed by atoms with Crippen molar-refractivity contribution in [3.8, 4) is 0 Å². The van der Waals surface area contributed by atoms with Gasteiger partial charge in [0.05, 0.1) is 12.5 Å². The largest absolute Gasteiger partial charge is 0.465 e. The highest BCUT2D eigenvalue weighted by Gasteiger charge is 2.19. The molecule has 5 nitrogen and oxygen atoms in total. The van der Waals surface area contributed by atoms with E-state index in [0.29, 0.717) is 26.5 Å². The van der Waals surface area contributed by atoms with Crippen LogP contribution in [0.15, 0.2) is 29.1 Å². The van der Waals surface area contributed by atoms with E-state index in [1.807, 2.05) is 37.3 Å². The molecule has 3 rings (SSSR count). The highest BCUT2D eigenvalue weighted by Crippen LogP contribution is 2.27. The van der Waals surface area contributed by atoms with Crippen molar-refractivity contribution >= 4 is 39.7 Å². The number of aryl methyl sites for hydroxylation is 2. The van der Waals surface area contributed by atoms with Crippen LogP contribution < -0.4 is 5.56 Å². The minimum absolute atomic E-state index is 0.256. The molecule has 0 fully saturated rings. The third-order valence-electron chi connectivity index (χ3n) is 3.80. The van der Waals surface area contributed by atoms with Crippen LogP contribution in [0.4, 0.5) is 0 Å². The van der Waals surface area contributed by atoms with Crippen LogP contribution >= 0.6 is 11.3 Å². The molecule has 0 bridgehead atoms. The van der Waals surface area contributed by atoms with Crippen molar-refractivity contribution < 1.29 is 9.53 Å². The molecule has 2 aromatic heterocycles. The summed E-state index contributed by atoms with van der Waals surface area (Å²) in [6, 6.07) is 7.94. The predicted octanol–water partition coefficient (Wildman–Crippen LogP) is 3.56. The second kappa shape index (κ2) is 6.41. The van der Waals surface area contributed by atoms with Gasteiger partial charge in [-0.2, -0.15) is 0 Å².